The van der Waals surface area contributed by atoms with Crippen LogP contribution in [0.1, 0.15) is 10.7 Å². The average molecular weight is 307 g/mol. The molecule has 0 fully saturated rings. The highest BCUT2D eigenvalue weighted by molar-refractivity contribution is 7.09. The fourth-order valence-electron chi connectivity index (χ4n) is 1.88. The Kier molecular flexibility index (Phi) is 3.77. The molecular weight excluding hydrogens is 296 g/mol. The van der Waals surface area contributed by atoms with Crippen LogP contribution < -0.4 is 10.9 Å². The molecule has 7 heteroatoms. The summed E-state index contributed by atoms with van der Waals surface area (Å²) < 4.78 is 0. The second kappa shape index (κ2) is 5.70. The van der Waals surface area contributed by atoms with Crippen molar-refractivity contribution < 1.29 is 0 Å². The maximum Gasteiger partial charge on any atom is 0.258 e. The summed E-state index contributed by atoms with van der Waals surface area (Å²) in [6.07, 6.45) is 1.81. The maximum absolute atomic E-state index is 11.9. The molecule has 0 unspecified atom stereocenters. The molecule has 3 aromatic rings. The standard InChI is InChI=1S/C13H11ClN4OS/c14-8-1-2-10-11(3-8)17-12(18-13(10)19)6-15-4-9-5-16-7-20-9/h1-3,5,7,15H,4,6H2,(H,17,18,19). The Morgan fingerprint density at radius 1 is 1.35 bits per heavy atom. The molecule has 0 saturated carbocycles. The molecule has 20 heavy (non-hydrogen) atoms. The molecule has 0 amide bonds. The molecule has 0 aliphatic carbocycles. The minimum absolute atomic E-state index is 0.152. The number of halogens is 1. The van der Waals surface area contributed by atoms with Gasteiger partial charge in [0.15, 0.2) is 0 Å². The Hall–Kier alpha value is -1.76. The van der Waals surface area contributed by atoms with Gasteiger partial charge in [0.2, 0.25) is 0 Å². The van der Waals surface area contributed by atoms with Gasteiger partial charge in [-0.1, -0.05) is 11.6 Å². The molecule has 102 valence electrons. The van der Waals surface area contributed by atoms with Gasteiger partial charge in [-0.05, 0) is 18.2 Å². The van der Waals surface area contributed by atoms with E-state index >= 15 is 0 Å². The minimum atomic E-state index is -0.152. The molecule has 1 aromatic carbocycles. The van der Waals surface area contributed by atoms with Crippen LogP contribution in [0.25, 0.3) is 10.9 Å². The van der Waals surface area contributed by atoms with E-state index in [1.807, 2.05) is 6.20 Å². The van der Waals surface area contributed by atoms with Gasteiger partial charge in [-0.25, -0.2) is 4.98 Å². The summed E-state index contributed by atoms with van der Waals surface area (Å²) in [4.78, 5) is 24.2. The van der Waals surface area contributed by atoms with Crippen LogP contribution >= 0.6 is 22.9 Å². The summed E-state index contributed by atoms with van der Waals surface area (Å²) in [5.74, 6) is 0.592. The van der Waals surface area contributed by atoms with Gasteiger partial charge in [0, 0.05) is 22.6 Å². The largest absolute Gasteiger partial charge is 0.309 e. The Bertz CT molecular complexity index is 785. The first-order valence-corrected chi connectivity index (χ1v) is 7.25. The van der Waals surface area contributed by atoms with Crippen LogP contribution in [-0.4, -0.2) is 15.0 Å². The zero-order valence-electron chi connectivity index (χ0n) is 10.4. The number of benzene rings is 1. The highest BCUT2D eigenvalue weighted by Crippen LogP contribution is 2.14. The topological polar surface area (TPSA) is 70.7 Å². The molecule has 2 aromatic heterocycles. The van der Waals surface area contributed by atoms with Gasteiger partial charge in [0.1, 0.15) is 5.82 Å². The van der Waals surface area contributed by atoms with E-state index in [9.17, 15) is 4.79 Å². The van der Waals surface area contributed by atoms with Crippen molar-refractivity contribution in [1.82, 2.24) is 20.3 Å². The summed E-state index contributed by atoms with van der Waals surface area (Å²) in [7, 11) is 0. The van der Waals surface area contributed by atoms with Crippen LogP contribution in [-0.2, 0) is 13.1 Å². The third-order valence-corrected chi connectivity index (χ3v) is 3.81. The summed E-state index contributed by atoms with van der Waals surface area (Å²) in [5.41, 5.74) is 2.24. The first-order chi connectivity index (χ1) is 9.72. The predicted molar refractivity (Wildman–Crippen MR) is 80.0 cm³/mol. The Morgan fingerprint density at radius 2 is 2.25 bits per heavy atom. The second-order valence-corrected chi connectivity index (χ2v) is 5.65. The van der Waals surface area contributed by atoms with E-state index in [4.69, 9.17) is 11.6 Å². The normalized spacial score (nSPS) is 11.1. The first-order valence-electron chi connectivity index (χ1n) is 5.99. The van der Waals surface area contributed by atoms with E-state index in [0.717, 1.165) is 4.88 Å². The zero-order valence-corrected chi connectivity index (χ0v) is 12.0. The SMILES string of the molecule is O=c1[nH]c(CNCc2cncs2)nc2cc(Cl)ccc12. The van der Waals surface area contributed by atoms with Crippen LogP contribution in [0.15, 0.2) is 34.7 Å². The third-order valence-electron chi connectivity index (χ3n) is 2.79. The monoisotopic (exact) mass is 306 g/mol. The highest BCUT2D eigenvalue weighted by atomic mass is 35.5. The van der Waals surface area contributed by atoms with Crippen LogP contribution in [0.5, 0.6) is 0 Å². The number of hydrogen-bond donors (Lipinski definition) is 2. The van der Waals surface area contributed by atoms with Gasteiger partial charge in [-0.3, -0.25) is 9.78 Å². The number of H-pyrrole nitrogens is 1. The summed E-state index contributed by atoms with van der Waals surface area (Å²) in [6.45, 7) is 1.18. The van der Waals surface area contributed by atoms with Crippen LogP contribution in [0, 0.1) is 0 Å². The number of aromatic nitrogens is 3. The fourth-order valence-corrected chi connectivity index (χ4v) is 2.61. The first kappa shape index (κ1) is 13.2. The lowest BCUT2D eigenvalue weighted by Gasteiger charge is -2.04. The molecule has 0 aliphatic heterocycles. The van der Waals surface area contributed by atoms with E-state index in [-0.39, 0.29) is 5.56 Å². The third kappa shape index (κ3) is 2.87. The van der Waals surface area contributed by atoms with E-state index < -0.39 is 0 Å². The zero-order chi connectivity index (χ0) is 13.9. The molecule has 0 spiro atoms. The number of rotatable bonds is 4. The van der Waals surface area contributed by atoms with E-state index in [1.165, 1.54) is 0 Å². The number of nitrogens with zero attached hydrogens (tertiary/aromatic N) is 2. The lowest BCUT2D eigenvalue weighted by atomic mass is 10.2. The van der Waals surface area contributed by atoms with Crippen molar-refractivity contribution in [3.63, 3.8) is 0 Å². The fraction of sp³-hybridized carbons (Fsp3) is 0.154. The van der Waals surface area contributed by atoms with Crippen molar-refractivity contribution in [3.05, 3.63) is 56.0 Å². The molecule has 0 atom stereocenters. The lowest BCUT2D eigenvalue weighted by Crippen LogP contribution is -2.19. The van der Waals surface area contributed by atoms with Gasteiger partial charge in [-0.2, -0.15) is 0 Å². The Labute approximate surface area is 123 Å². The van der Waals surface area contributed by atoms with Gasteiger partial charge >= 0.3 is 0 Å². The molecule has 5 nitrogen and oxygen atoms in total. The van der Waals surface area contributed by atoms with Crippen LogP contribution in [0.2, 0.25) is 5.02 Å². The van der Waals surface area contributed by atoms with Crippen molar-refractivity contribution in [3.8, 4) is 0 Å². The molecule has 0 radical (unpaired) electrons. The van der Waals surface area contributed by atoms with Crippen LogP contribution in [0.3, 0.4) is 0 Å². The molecule has 0 saturated heterocycles. The highest BCUT2D eigenvalue weighted by Gasteiger charge is 2.04. The van der Waals surface area contributed by atoms with Crippen molar-refractivity contribution in [2.24, 2.45) is 0 Å². The molecular formula is C13H11ClN4OS. The number of aromatic amines is 1. The van der Waals surface area contributed by atoms with Crippen molar-refractivity contribution >= 4 is 33.8 Å². The summed E-state index contributed by atoms with van der Waals surface area (Å²) in [5, 5.41) is 4.33. The van der Waals surface area contributed by atoms with Crippen molar-refractivity contribution in [2.75, 3.05) is 0 Å². The van der Waals surface area contributed by atoms with Gasteiger partial charge < -0.3 is 10.3 Å². The van der Waals surface area contributed by atoms with Crippen LogP contribution in [0.4, 0.5) is 0 Å². The maximum atomic E-state index is 11.9. The number of fused-ring (bicyclic) bond motifs is 1. The van der Waals surface area contributed by atoms with E-state index in [2.05, 4.69) is 20.3 Å². The summed E-state index contributed by atoms with van der Waals surface area (Å²) >= 11 is 7.50. The number of nitrogens with one attached hydrogen (secondary N) is 2. The number of hydrogen-bond acceptors (Lipinski definition) is 5. The molecule has 2 heterocycles. The minimum Gasteiger partial charge on any atom is -0.309 e. The number of thiazole rings is 1. The second-order valence-electron chi connectivity index (χ2n) is 4.25. The van der Waals surface area contributed by atoms with Gasteiger partial charge in [0.25, 0.3) is 5.56 Å². The van der Waals surface area contributed by atoms with E-state index in [0.29, 0.717) is 34.8 Å². The predicted octanol–water partition coefficient (Wildman–Crippen LogP) is 2.32. The lowest BCUT2D eigenvalue weighted by molar-refractivity contribution is 0.668. The molecule has 3 rings (SSSR count). The molecule has 2 N–H and O–H groups in total. The Morgan fingerprint density at radius 3 is 3.05 bits per heavy atom. The van der Waals surface area contributed by atoms with Gasteiger partial charge in [0.05, 0.1) is 23.0 Å². The van der Waals surface area contributed by atoms with E-state index in [1.54, 1.807) is 35.0 Å². The molecule has 0 bridgehead atoms. The van der Waals surface area contributed by atoms with Crippen molar-refractivity contribution in [2.45, 2.75) is 13.1 Å². The quantitative estimate of drug-likeness (QED) is 0.776. The summed E-state index contributed by atoms with van der Waals surface area (Å²) in [6, 6.07) is 5.05. The van der Waals surface area contributed by atoms with Crippen molar-refractivity contribution in [1.29, 1.82) is 0 Å². The molecule has 0 aliphatic rings. The smallest absolute Gasteiger partial charge is 0.258 e. The Balaban J connectivity index is 1.79. The van der Waals surface area contributed by atoms with Gasteiger partial charge in [-0.15, -0.1) is 11.3 Å². The average Bonchev–Trinajstić information content (AvgIpc) is 2.91.